The zero-order valence-corrected chi connectivity index (χ0v) is 8.03. The Bertz CT molecular complexity index is 534. The second kappa shape index (κ2) is 3.63. The molecule has 0 aromatic heterocycles. The van der Waals surface area contributed by atoms with Gasteiger partial charge in [-0.1, -0.05) is 0 Å². The molecule has 1 atom stereocenters. The molecule has 1 heterocycles. The van der Waals surface area contributed by atoms with E-state index in [2.05, 4.69) is 5.32 Å². The predicted molar refractivity (Wildman–Crippen MR) is 51.3 cm³/mol. The number of rotatable bonds is 1. The molecule has 1 aromatic carbocycles. The van der Waals surface area contributed by atoms with Crippen molar-refractivity contribution < 1.29 is 23.6 Å². The second-order valence-electron chi connectivity index (χ2n) is 3.24. The second-order valence-corrected chi connectivity index (χ2v) is 3.24. The minimum atomic E-state index is -1.67. The Morgan fingerprint density at radius 2 is 2.12 bits per heavy atom. The Kier molecular flexibility index (Phi) is 2.39. The number of carbonyl (C=O) groups is 1. The molecule has 3 N–H and O–H groups in total. The molecule has 0 saturated carbocycles. The maximum atomic E-state index is 13.2. The van der Waals surface area contributed by atoms with Crippen LogP contribution in [0.3, 0.4) is 0 Å². The van der Waals surface area contributed by atoms with Crippen LogP contribution in [0.1, 0.15) is 0 Å². The van der Waals surface area contributed by atoms with Crippen LogP contribution in [0.15, 0.2) is 6.07 Å². The first-order valence-electron chi connectivity index (χ1n) is 4.33. The molecule has 0 saturated heterocycles. The number of benzene rings is 1. The Morgan fingerprint density at radius 3 is 2.71 bits per heavy atom. The van der Waals surface area contributed by atoms with Gasteiger partial charge < -0.3 is 15.7 Å². The highest BCUT2D eigenvalue weighted by atomic mass is 19.2. The van der Waals surface area contributed by atoms with Crippen molar-refractivity contribution in [2.45, 2.75) is 6.23 Å². The Labute approximate surface area is 92.2 Å². The Balaban J connectivity index is 2.68. The van der Waals surface area contributed by atoms with Gasteiger partial charge in [-0.2, -0.15) is 4.39 Å². The molecule has 7 nitrogen and oxygen atoms in total. The van der Waals surface area contributed by atoms with E-state index in [-0.39, 0.29) is 5.69 Å². The van der Waals surface area contributed by atoms with Crippen LogP contribution in [0.25, 0.3) is 0 Å². The topological polar surface area (TPSA) is 104 Å². The summed E-state index contributed by atoms with van der Waals surface area (Å²) in [6.45, 7) is 0. The van der Waals surface area contributed by atoms with E-state index >= 15 is 0 Å². The molecule has 0 bridgehead atoms. The van der Waals surface area contributed by atoms with E-state index in [1.54, 1.807) is 0 Å². The first kappa shape index (κ1) is 11.2. The molecule has 1 unspecified atom stereocenters. The van der Waals surface area contributed by atoms with E-state index in [0.717, 1.165) is 0 Å². The number of amides is 1. The maximum Gasteiger partial charge on any atom is 0.333 e. The van der Waals surface area contributed by atoms with E-state index in [9.17, 15) is 23.7 Å². The lowest BCUT2D eigenvalue weighted by molar-refractivity contribution is -0.386. The van der Waals surface area contributed by atoms with Crippen LogP contribution >= 0.6 is 0 Å². The number of nitrogens with zero attached hydrogens (tertiary/aromatic N) is 1. The van der Waals surface area contributed by atoms with Crippen molar-refractivity contribution in [1.82, 2.24) is 0 Å². The van der Waals surface area contributed by atoms with Crippen LogP contribution in [0.5, 0.6) is 0 Å². The van der Waals surface area contributed by atoms with Gasteiger partial charge in [0, 0.05) is 6.07 Å². The number of halogens is 2. The van der Waals surface area contributed by atoms with E-state index in [4.69, 9.17) is 5.11 Å². The summed E-state index contributed by atoms with van der Waals surface area (Å²) < 4.78 is 26.2. The smallest absolute Gasteiger partial charge is 0.333 e. The van der Waals surface area contributed by atoms with Gasteiger partial charge in [0.2, 0.25) is 12.0 Å². The number of nitro benzene ring substituents is 1. The molecule has 1 aliphatic heterocycles. The van der Waals surface area contributed by atoms with Gasteiger partial charge in [-0.3, -0.25) is 14.9 Å². The molecule has 9 heteroatoms. The standard InChI is InChI=1S/C8H5F2N3O4/c9-2-1-3-5(6(4(2)10)13(16)17)12-8(15)7(14)11-3/h1,7,11,14H,(H,12,15). The average Bonchev–Trinajstić information content (AvgIpc) is 2.23. The van der Waals surface area contributed by atoms with Gasteiger partial charge in [0.05, 0.1) is 10.6 Å². The Morgan fingerprint density at radius 1 is 1.47 bits per heavy atom. The van der Waals surface area contributed by atoms with Gasteiger partial charge in [0.25, 0.3) is 5.91 Å². The average molecular weight is 245 g/mol. The third kappa shape index (κ3) is 1.65. The fourth-order valence-corrected chi connectivity index (χ4v) is 1.43. The number of hydrogen-bond donors (Lipinski definition) is 3. The highest BCUT2D eigenvalue weighted by Crippen LogP contribution is 2.38. The predicted octanol–water partition coefficient (Wildman–Crippen LogP) is 0.555. The van der Waals surface area contributed by atoms with Crippen LogP contribution in [0, 0.1) is 21.7 Å². The van der Waals surface area contributed by atoms with E-state index in [1.807, 2.05) is 5.32 Å². The molecule has 1 aromatic rings. The number of aliphatic hydroxyl groups excluding tert-OH is 1. The molecule has 90 valence electrons. The fourth-order valence-electron chi connectivity index (χ4n) is 1.43. The van der Waals surface area contributed by atoms with E-state index < -0.39 is 40.1 Å². The van der Waals surface area contributed by atoms with Crippen LogP contribution in [0.4, 0.5) is 25.8 Å². The maximum absolute atomic E-state index is 13.2. The van der Waals surface area contributed by atoms with Crippen molar-refractivity contribution in [2.75, 3.05) is 10.6 Å². The molecule has 0 aliphatic carbocycles. The third-order valence-electron chi connectivity index (χ3n) is 2.17. The number of fused-ring (bicyclic) bond motifs is 1. The molecular formula is C8H5F2N3O4. The summed E-state index contributed by atoms with van der Waals surface area (Å²) in [6, 6.07) is 0.611. The van der Waals surface area contributed by atoms with Gasteiger partial charge in [0.15, 0.2) is 5.82 Å². The van der Waals surface area contributed by atoms with Crippen molar-refractivity contribution in [3.8, 4) is 0 Å². The summed E-state index contributed by atoms with van der Waals surface area (Å²) in [6.07, 6.45) is -1.67. The van der Waals surface area contributed by atoms with Crippen molar-refractivity contribution in [2.24, 2.45) is 0 Å². The van der Waals surface area contributed by atoms with Crippen molar-refractivity contribution in [3.63, 3.8) is 0 Å². The third-order valence-corrected chi connectivity index (χ3v) is 2.17. The van der Waals surface area contributed by atoms with Crippen molar-refractivity contribution in [1.29, 1.82) is 0 Å². The van der Waals surface area contributed by atoms with Crippen molar-refractivity contribution in [3.05, 3.63) is 27.8 Å². The summed E-state index contributed by atoms with van der Waals surface area (Å²) in [4.78, 5) is 20.5. The SMILES string of the molecule is O=C1Nc2c(cc(F)c(F)c2[N+](=O)[O-])NC1O. The minimum absolute atomic E-state index is 0.261. The minimum Gasteiger partial charge on any atom is -0.366 e. The molecule has 17 heavy (non-hydrogen) atoms. The van der Waals surface area contributed by atoms with Crippen molar-refractivity contribution >= 4 is 23.0 Å². The molecule has 0 spiro atoms. The summed E-state index contributed by atoms with van der Waals surface area (Å²) >= 11 is 0. The number of aliphatic hydroxyl groups is 1. The van der Waals surface area contributed by atoms with Gasteiger partial charge in [0.1, 0.15) is 5.69 Å². The molecule has 0 radical (unpaired) electrons. The normalized spacial score (nSPS) is 18.1. The number of nitro groups is 1. The highest BCUT2D eigenvalue weighted by Gasteiger charge is 2.34. The number of hydrogen-bond acceptors (Lipinski definition) is 5. The highest BCUT2D eigenvalue weighted by molar-refractivity contribution is 6.04. The molecule has 2 rings (SSSR count). The van der Waals surface area contributed by atoms with Gasteiger partial charge in [-0.05, 0) is 0 Å². The molecule has 0 fully saturated rings. The lowest BCUT2D eigenvalue weighted by Crippen LogP contribution is -2.39. The van der Waals surface area contributed by atoms with Crippen LogP contribution in [0.2, 0.25) is 0 Å². The fraction of sp³-hybridized carbons (Fsp3) is 0.125. The zero-order valence-electron chi connectivity index (χ0n) is 8.03. The number of nitrogens with one attached hydrogen (secondary N) is 2. The summed E-state index contributed by atoms with van der Waals surface area (Å²) in [5.41, 5.74) is -1.96. The number of carbonyl (C=O) groups excluding carboxylic acids is 1. The van der Waals surface area contributed by atoms with Gasteiger partial charge in [-0.15, -0.1) is 0 Å². The van der Waals surface area contributed by atoms with Crippen LogP contribution in [-0.2, 0) is 4.79 Å². The van der Waals surface area contributed by atoms with Crippen LogP contribution < -0.4 is 10.6 Å². The first-order chi connectivity index (χ1) is 7.91. The summed E-state index contributed by atoms with van der Waals surface area (Å²) in [5.74, 6) is -4.12. The van der Waals surface area contributed by atoms with Gasteiger partial charge in [-0.25, -0.2) is 4.39 Å². The lowest BCUT2D eigenvalue weighted by Gasteiger charge is -2.22. The zero-order chi connectivity index (χ0) is 12.7. The lowest BCUT2D eigenvalue weighted by atomic mass is 10.1. The summed E-state index contributed by atoms with van der Waals surface area (Å²) in [7, 11) is 0. The van der Waals surface area contributed by atoms with E-state index in [1.165, 1.54) is 0 Å². The summed E-state index contributed by atoms with van der Waals surface area (Å²) in [5, 5.41) is 23.7. The molecular weight excluding hydrogens is 240 g/mol. The number of anilines is 2. The van der Waals surface area contributed by atoms with Crippen LogP contribution in [-0.4, -0.2) is 22.2 Å². The monoisotopic (exact) mass is 245 g/mol. The van der Waals surface area contributed by atoms with E-state index in [0.29, 0.717) is 6.07 Å². The molecule has 1 amide bonds. The van der Waals surface area contributed by atoms with Gasteiger partial charge >= 0.3 is 5.69 Å². The largest absolute Gasteiger partial charge is 0.366 e. The Hall–Kier alpha value is -2.29. The first-order valence-corrected chi connectivity index (χ1v) is 4.33. The quantitative estimate of drug-likeness (QED) is 0.495. The molecule has 1 aliphatic rings.